The number of imidazole rings is 2. The summed E-state index contributed by atoms with van der Waals surface area (Å²) in [6.07, 6.45) is 5.94. The third kappa shape index (κ3) is 9.32. The van der Waals surface area contributed by atoms with Gasteiger partial charge in [-0.3, -0.25) is 9.59 Å². The van der Waals surface area contributed by atoms with Crippen LogP contribution in [0, 0.1) is 11.8 Å². The number of aliphatic hydroxyl groups excluding tert-OH is 1. The predicted molar refractivity (Wildman–Crippen MR) is 262 cm³/mol. The summed E-state index contributed by atoms with van der Waals surface area (Å²) in [4.78, 5) is 68.5. The fourth-order valence-corrected chi connectivity index (χ4v) is 11.2. The Balaban J connectivity index is 1.04. The number of piperidine rings is 1. The Labute approximate surface area is 395 Å². The highest BCUT2D eigenvalue weighted by Crippen LogP contribution is 2.45. The van der Waals surface area contributed by atoms with E-state index in [0.29, 0.717) is 13.1 Å². The van der Waals surface area contributed by atoms with Crippen LogP contribution in [-0.4, -0.2) is 111 Å². The minimum Gasteiger partial charge on any atom is -0.453 e. The fraction of sp³-hybridized carbons (Fsp3) is 0.451. The number of carbonyl (C=O) groups excluding carboxylic acids is 3. The topological polar surface area (TPSA) is 183 Å². The van der Waals surface area contributed by atoms with E-state index in [2.05, 4.69) is 85.8 Å². The number of H-pyrrole nitrogens is 2. The number of amides is 3. The molecule has 16 heteroatoms. The van der Waals surface area contributed by atoms with Crippen molar-refractivity contribution < 1.29 is 34.0 Å². The van der Waals surface area contributed by atoms with Gasteiger partial charge >= 0.3 is 12.2 Å². The van der Waals surface area contributed by atoms with Crippen LogP contribution in [0.4, 0.5) is 10.5 Å². The van der Waals surface area contributed by atoms with E-state index in [9.17, 15) is 19.5 Å². The molecule has 3 fully saturated rings. The zero-order valence-electron chi connectivity index (χ0n) is 39.2. The highest BCUT2D eigenvalue weighted by atomic mass is 32.1. The third-order valence-corrected chi connectivity index (χ3v) is 14.9. The second-order valence-electron chi connectivity index (χ2n) is 18.8. The summed E-state index contributed by atoms with van der Waals surface area (Å²) in [6.45, 7) is 11.1. The number of nitrogens with zero attached hydrogens (tertiary/aromatic N) is 5. The summed E-state index contributed by atoms with van der Waals surface area (Å²) in [5.41, 5.74) is 9.04. The van der Waals surface area contributed by atoms with Gasteiger partial charge in [-0.25, -0.2) is 14.8 Å². The zero-order chi connectivity index (χ0) is 46.9. The van der Waals surface area contributed by atoms with Crippen molar-refractivity contribution in [3.05, 3.63) is 78.4 Å². The van der Waals surface area contributed by atoms with E-state index in [4.69, 9.17) is 19.4 Å². The lowest BCUT2D eigenvalue weighted by Crippen LogP contribution is -2.85. The Morgan fingerprint density at radius 1 is 0.716 bits per heavy atom. The van der Waals surface area contributed by atoms with Crippen molar-refractivity contribution >= 4 is 63.1 Å². The van der Waals surface area contributed by atoms with Gasteiger partial charge in [0.25, 0.3) is 5.91 Å². The maximum Gasteiger partial charge on any atom is 0.545 e. The number of anilines is 1. The number of carbonyl (C=O) groups is 3. The Hall–Kier alpha value is -6.42. The molecule has 0 saturated carbocycles. The molecule has 3 amide bonds. The summed E-state index contributed by atoms with van der Waals surface area (Å²) in [7, 11) is 2.66. The van der Waals surface area contributed by atoms with Gasteiger partial charge in [0, 0.05) is 53.1 Å². The van der Waals surface area contributed by atoms with Gasteiger partial charge in [0.1, 0.15) is 17.7 Å². The Bertz CT molecular complexity index is 2790. The molecule has 0 bridgehead atoms. The Morgan fingerprint density at radius 2 is 1.30 bits per heavy atom. The van der Waals surface area contributed by atoms with Crippen molar-refractivity contribution in [1.82, 2.24) is 35.1 Å². The van der Waals surface area contributed by atoms with Crippen molar-refractivity contribution in [3.63, 3.8) is 0 Å². The highest BCUT2D eigenvalue weighted by Gasteiger charge is 2.41. The van der Waals surface area contributed by atoms with Gasteiger partial charge in [0.2, 0.25) is 11.9 Å². The monoisotopic (exact) mass is 928 g/mol. The minimum atomic E-state index is -0.709. The van der Waals surface area contributed by atoms with E-state index in [1.807, 2.05) is 43.6 Å². The molecular formula is C51H62N9O6S+. The van der Waals surface area contributed by atoms with Crippen molar-refractivity contribution in [3.8, 4) is 32.0 Å². The van der Waals surface area contributed by atoms with E-state index < -0.39 is 18.2 Å². The number of hydrogen-bond donors (Lipinski definition) is 5. The van der Waals surface area contributed by atoms with E-state index in [-0.39, 0.29) is 41.8 Å². The standard InChI is InChI=1S/C51H61N9O6S/c1-29(2)43(56-50(63)65-5)48(61)59-24-10-12-40(59)46-52-36-20-16-32(26-38(36)54-46)42-28-35(31-14-18-34(19-15-31)58-22-8-7-9-23-58)45(67-42)33-17-21-37-39(27-33)55-47(53-37)41-13-11-25-60(41)49(62)44(30(3)4)57-51(64)66-6/h14-21,26-30,40-41,43-44H,7-13,22-25H2,1-6H3,(H,52,54)(H,53,55)(H,56,63)(H,57,64)/p+1/t40?,41-,43-,44-/m0/s1. The molecule has 1 unspecified atom stereocenters. The van der Waals surface area contributed by atoms with Gasteiger partial charge < -0.3 is 44.6 Å². The van der Waals surface area contributed by atoms with Gasteiger partial charge in [-0.05, 0) is 110 Å². The second kappa shape index (κ2) is 19.4. The molecule has 3 aromatic heterocycles. The number of alkyl carbamates (subject to hydrolysis) is 1. The molecule has 6 heterocycles. The summed E-state index contributed by atoms with van der Waals surface area (Å²) in [6, 6.07) is 22.1. The number of likely N-dealkylation sites (tertiary alicyclic amines) is 2. The quantitative estimate of drug-likeness (QED) is 0.0603. The largest absolute Gasteiger partial charge is 0.545 e. The summed E-state index contributed by atoms with van der Waals surface area (Å²) >= 11 is 1.74. The van der Waals surface area contributed by atoms with Crippen molar-refractivity contribution in [2.75, 3.05) is 45.3 Å². The lowest BCUT2D eigenvalue weighted by molar-refractivity contribution is -0.516. The smallest absolute Gasteiger partial charge is 0.453 e. The average molecular weight is 929 g/mol. The highest BCUT2D eigenvalue weighted by molar-refractivity contribution is 7.19. The molecule has 0 aliphatic carbocycles. The van der Waals surface area contributed by atoms with Crippen LogP contribution in [0.3, 0.4) is 0 Å². The number of thiophene rings is 1. The van der Waals surface area contributed by atoms with Gasteiger partial charge in [0.15, 0.2) is 0 Å². The molecule has 5 N–H and O–H groups in total. The lowest BCUT2D eigenvalue weighted by atomic mass is 10.0. The number of benzene rings is 3. The first-order valence-electron chi connectivity index (χ1n) is 23.7. The molecule has 3 aliphatic rings. The van der Waals surface area contributed by atoms with Crippen LogP contribution in [0.15, 0.2) is 66.7 Å². The normalized spacial score (nSPS) is 18.9. The predicted octanol–water partition coefficient (Wildman–Crippen LogP) is 7.87. The maximum absolute atomic E-state index is 13.9. The average Bonchev–Trinajstić information content (AvgIpc) is 4.20. The number of hydrogen-bond acceptors (Lipinski definition) is 9. The second-order valence-corrected chi connectivity index (χ2v) is 19.8. The van der Waals surface area contributed by atoms with E-state index in [1.54, 1.807) is 11.3 Å². The van der Waals surface area contributed by atoms with Crippen LogP contribution in [-0.2, 0) is 19.1 Å². The van der Waals surface area contributed by atoms with Crippen molar-refractivity contribution in [2.45, 2.75) is 96.8 Å². The molecule has 0 spiro atoms. The Kier molecular flexibility index (Phi) is 13.3. The van der Waals surface area contributed by atoms with Gasteiger partial charge in [-0.2, -0.15) is 4.99 Å². The first-order valence-corrected chi connectivity index (χ1v) is 24.5. The molecule has 4 atom stereocenters. The van der Waals surface area contributed by atoms with Crippen molar-refractivity contribution in [1.29, 1.82) is 0 Å². The first-order chi connectivity index (χ1) is 32.4. The fourth-order valence-electron chi connectivity index (χ4n) is 10.0. The number of methoxy groups -OCH3 is 2. The zero-order valence-corrected chi connectivity index (χ0v) is 40.0. The van der Waals surface area contributed by atoms with E-state index in [1.165, 1.54) is 39.2 Å². The molecule has 3 aliphatic heterocycles. The molecule has 3 saturated heterocycles. The Morgan fingerprint density at radius 3 is 1.88 bits per heavy atom. The molecule has 9 rings (SSSR count). The minimum absolute atomic E-state index is 0.0870. The first kappa shape index (κ1) is 45.7. The number of aliphatic hydroxyl groups is 1. The lowest BCUT2D eigenvalue weighted by Gasteiger charge is -2.29. The summed E-state index contributed by atoms with van der Waals surface area (Å²) in [5.74, 6) is 1.03. The van der Waals surface area contributed by atoms with E-state index >= 15 is 0 Å². The molecule has 352 valence electrons. The molecular weight excluding hydrogens is 867 g/mol. The summed E-state index contributed by atoms with van der Waals surface area (Å²) < 4.78 is 9.78. The molecule has 67 heavy (non-hydrogen) atoms. The SMILES string of the molecule is COC(=O)N[C@H](C(=O)N1CCCC1c1nc2ccc(-c3cc(-c4ccc(N5CCCCC5)cc4)c(-c4ccc5nc([C@@H]6CCCN6C(=O)[C@@H]([NH+]=C(O)OC)C(C)C)[nH]c5c4)s3)cc2[nH]1)C(C)C. The van der Waals surface area contributed by atoms with Crippen LogP contribution in [0.5, 0.6) is 0 Å². The van der Waals surface area contributed by atoms with E-state index in [0.717, 1.165) is 104 Å². The van der Waals surface area contributed by atoms with Crippen LogP contribution in [0.1, 0.15) is 96.4 Å². The maximum atomic E-state index is 13.9. The van der Waals surface area contributed by atoms with Crippen LogP contribution in [0.25, 0.3) is 54.1 Å². The number of aromatic amines is 2. The number of ether oxygens (including phenoxy) is 2. The van der Waals surface area contributed by atoms with Gasteiger partial charge in [-0.1, -0.05) is 52.0 Å². The van der Waals surface area contributed by atoms with Crippen LogP contribution < -0.4 is 15.2 Å². The third-order valence-electron chi connectivity index (χ3n) is 13.7. The van der Waals surface area contributed by atoms with Gasteiger partial charge in [-0.15, -0.1) is 11.3 Å². The number of fused-ring (bicyclic) bond motifs is 2. The molecule has 6 aromatic rings. The summed E-state index contributed by atoms with van der Waals surface area (Å²) in [5, 5.41) is 12.9. The molecule has 15 nitrogen and oxygen atoms in total. The van der Waals surface area contributed by atoms with Gasteiger partial charge in [0.05, 0.1) is 48.4 Å². The number of rotatable bonds is 12. The van der Waals surface area contributed by atoms with Crippen LogP contribution in [0.2, 0.25) is 0 Å². The number of nitrogens with one attached hydrogen (secondary N) is 4. The van der Waals surface area contributed by atoms with Crippen LogP contribution >= 0.6 is 11.3 Å². The molecule has 3 aromatic carbocycles. The molecule has 0 radical (unpaired) electrons. The van der Waals surface area contributed by atoms with Crippen molar-refractivity contribution in [2.24, 2.45) is 11.8 Å². The number of aromatic nitrogens is 4.